The Hall–Kier alpha value is -0.0800. The van der Waals surface area contributed by atoms with Crippen molar-refractivity contribution in [3.8, 4) is 0 Å². The molecule has 0 amide bonds. The first-order valence-electron chi connectivity index (χ1n) is 4.49. The van der Waals surface area contributed by atoms with Crippen molar-refractivity contribution in [2.75, 3.05) is 19.7 Å². The van der Waals surface area contributed by atoms with Crippen LogP contribution in [0.1, 0.15) is 27.2 Å². The van der Waals surface area contributed by atoms with E-state index in [1.807, 2.05) is 0 Å². The number of morpholine rings is 1. The minimum atomic E-state index is 0.327. The standard InChI is InChI=1S/C9H19NO/c1-4-9(2,3)8-7-10-5-6-11-8/h8,10H,4-7H2,1-3H3. The summed E-state index contributed by atoms with van der Waals surface area (Å²) in [5.41, 5.74) is 0.327. The van der Waals surface area contributed by atoms with Crippen molar-refractivity contribution < 1.29 is 4.74 Å². The quantitative estimate of drug-likeness (QED) is 0.654. The van der Waals surface area contributed by atoms with Gasteiger partial charge in [0, 0.05) is 13.1 Å². The van der Waals surface area contributed by atoms with Crippen molar-refractivity contribution in [2.24, 2.45) is 5.41 Å². The van der Waals surface area contributed by atoms with Gasteiger partial charge in [-0.05, 0) is 11.8 Å². The van der Waals surface area contributed by atoms with Crippen LogP contribution < -0.4 is 5.32 Å². The lowest BCUT2D eigenvalue weighted by molar-refractivity contribution is -0.0449. The molecule has 1 saturated heterocycles. The molecule has 1 aliphatic heterocycles. The fraction of sp³-hybridized carbons (Fsp3) is 1.00. The van der Waals surface area contributed by atoms with Gasteiger partial charge in [0.15, 0.2) is 0 Å². The molecule has 1 atom stereocenters. The molecule has 1 heterocycles. The molecule has 0 aromatic rings. The van der Waals surface area contributed by atoms with Crippen LogP contribution in [0, 0.1) is 5.41 Å². The minimum absolute atomic E-state index is 0.327. The summed E-state index contributed by atoms with van der Waals surface area (Å²) in [6.07, 6.45) is 1.58. The summed E-state index contributed by atoms with van der Waals surface area (Å²) in [6, 6.07) is 0. The van der Waals surface area contributed by atoms with Crippen molar-refractivity contribution in [1.82, 2.24) is 5.32 Å². The molecule has 1 aliphatic rings. The SMILES string of the molecule is CCC(C)(C)C1CNCCO1. The molecular weight excluding hydrogens is 138 g/mol. The Morgan fingerprint density at radius 1 is 1.55 bits per heavy atom. The summed E-state index contributed by atoms with van der Waals surface area (Å²) in [6.45, 7) is 9.65. The van der Waals surface area contributed by atoms with E-state index in [2.05, 4.69) is 26.1 Å². The van der Waals surface area contributed by atoms with Gasteiger partial charge in [-0.25, -0.2) is 0 Å². The average Bonchev–Trinajstić information content (AvgIpc) is 2.06. The second-order valence-electron chi connectivity index (χ2n) is 3.91. The van der Waals surface area contributed by atoms with E-state index in [1.54, 1.807) is 0 Å². The zero-order valence-electron chi connectivity index (χ0n) is 7.81. The van der Waals surface area contributed by atoms with Crippen LogP contribution in [0.2, 0.25) is 0 Å². The van der Waals surface area contributed by atoms with Gasteiger partial charge >= 0.3 is 0 Å². The Morgan fingerprint density at radius 2 is 2.27 bits per heavy atom. The van der Waals surface area contributed by atoms with Crippen molar-refractivity contribution >= 4 is 0 Å². The monoisotopic (exact) mass is 157 g/mol. The van der Waals surface area contributed by atoms with Gasteiger partial charge in [-0.15, -0.1) is 0 Å². The molecule has 0 spiro atoms. The van der Waals surface area contributed by atoms with Gasteiger partial charge < -0.3 is 10.1 Å². The molecule has 0 radical (unpaired) electrons. The summed E-state index contributed by atoms with van der Waals surface area (Å²) in [5, 5.41) is 3.35. The molecule has 0 saturated carbocycles. The van der Waals surface area contributed by atoms with E-state index in [-0.39, 0.29) is 0 Å². The number of ether oxygens (including phenoxy) is 1. The topological polar surface area (TPSA) is 21.3 Å². The van der Waals surface area contributed by atoms with Crippen LogP contribution in [0.5, 0.6) is 0 Å². The van der Waals surface area contributed by atoms with E-state index >= 15 is 0 Å². The summed E-state index contributed by atoms with van der Waals surface area (Å²) >= 11 is 0. The second kappa shape index (κ2) is 3.55. The van der Waals surface area contributed by atoms with Crippen LogP contribution in [0.4, 0.5) is 0 Å². The zero-order valence-corrected chi connectivity index (χ0v) is 7.81. The third kappa shape index (κ3) is 2.17. The molecule has 11 heavy (non-hydrogen) atoms. The number of hydrogen-bond donors (Lipinski definition) is 1. The predicted octanol–water partition coefficient (Wildman–Crippen LogP) is 1.41. The van der Waals surface area contributed by atoms with Crippen LogP contribution in [0.15, 0.2) is 0 Å². The zero-order chi connectivity index (χ0) is 8.32. The first kappa shape index (κ1) is 9.01. The van der Waals surface area contributed by atoms with Crippen LogP contribution in [-0.2, 0) is 4.74 Å². The molecule has 1 unspecified atom stereocenters. The average molecular weight is 157 g/mol. The molecular formula is C9H19NO. The fourth-order valence-electron chi connectivity index (χ4n) is 1.29. The fourth-order valence-corrected chi connectivity index (χ4v) is 1.29. The van der Waals surface area contributed by atoms with E-state index in [9.17, 15) is 0 Å². The molecule has 2 heteroatoms. The van der Waals surface area contributed by atoms with E-state index in [0.29, 0.717) is 11.5 Å². The summed E-state index contributed by atoms with van der Waals surface area (Å²) < 4.78 is 5.67. The van der Waals surface area contributed by atoms with Crippen molar-refractivity contribution in [3.05, 3.63) is 0 Å². The van der Waals surface area contributed by atoms with E-state index in [0.717, 1.165) is 19.7 Å². The summed E-state index contributed by atoms with van der Waals surface area (Å²) in [7, 11) is 0. The van der Waals surface area contributed by atoms with Crippen molar-refractivity contribution in [1.29, 1.82) is 0 Å². The molecule has 0 bridgehead atoms. The number of nitrogens with one attached hydrogen (secondary N) is 1. The normalized spacial score (nSPS) is 27.0. The Bertz CT molecular complexity index is 117. The molecule has 1 rings (SSSR count). The smallest absolute Gasteiger partial charge is 0.0750 e. The Balaban J connectivity index is 2.43. The number of hydrogen-bond acceptors (Lipinski definition) is 2. The first-order valence-corrected chi connectivity index (χ1v) is 4.49. The van der Waals surface area contributed by atoms with Crippen LogP contribution in [0.3, 0.4) is 0 Å². The van der Waals surface area contributed by atoms with E-state index in [4.69, 9.17) is 4.74 Å². The highest BCUT2D eigenvalue weighted by atomic mass is 16.5. The molecule has 0 aromatic carbocycles. The molecule has 66 valence electrons. The van der Waals surface area contributed by atoms with E-state index in [1.165, 1.54) is 6.42 Å². The van der Waals surface area contributed by atoms with Gasteiger partial charge in [0.2, 0.25) is 0 Å². The first-order chi connectivity index (χ1) is 5.17. The van der Waals surface area contributed by atoms with Gasteiger partial charge in [0.1, 0.15) is 0 Å². The van der Waals surface area contributed by atoms with Gasteiger partial charge in [-0.3, -0.25) is 0 Å². The van der Waals surface area contributed by atoms with Crippen LogP contribution >= 0.6 is 0 Å². The van der Waals surface area contributed by atoms with Crippen molar-refractivity contribution in [3.63, 3.8) is 0 Å². The predicted molar refractivity (Wildman–Crippen MR) is 46.7 cm³/mol. The highest BCUT2D eigenvalue weighted by Crippen LogP contribution is 2.27. The Morgan fingerprint density at radius 3 is 2.73 bits per heavy atom. The maximum absolute atomic E-state index is 5.67. The van der Waals surface area contributed by atoms with E-state index < -0.39 is 0 Å². The lowest BCUT2D eigenvalue weighted by Gasteiger charge is -2.36. The van der Waals surface area contributed by atoms with Crippen LogP contribution in [0.25, 0.3) is 0 Å². The Kier molecular flexibility index (Phi) is 2.90. The van der Waals surface area contributed by atoms with Gasteiger partial charge in [-0.2, -0.15) is 0 Å². The highest BCUT2D eigenvalue weighted by molar-refractivity contribution is 4.81. The van der Waals surface area contributed by atoms with Gasteiger partial charge in [0.25, 0.3) is 0 Å². The number of rotatable bonds is 2. The molecule has 0 aliphatic carbocycles. The summed E-state index contributed by atoms with van der Waals surface area (Å²) in [4.78, 5) is 0. The minimum Gasteiger partial charge on any atom is -0.375 e. The molecule has 1 N–H and O–H groups in total. The molecule has 1 fully saturated rings. The third-order valence-corrected chi connectivity index (χ3v) is 2.71. The maximum Gasteiger partial charge on any atom is 0.0750 e. The molecule has 2 nitrogen and oxygen atoms in total. The van der Waals surface area contributed by atoms with Gasteiger partial charge in [0.05, 0.1) is 12.7 Å². The molecule has 0 aromatic heterocycles. The lowest BCUT2D eigenvalue weighted by Crippen LogP contribution is -2.46. The maximum atomic E-state index is 5.67. The highest BCUT2D eigenvalue weighted by Gasteiger charge is 2.29. The Labute approximate surface area is 69.3 Å². The van der Waals surface area contributed by atoms with Gasteiger partial charge in [-0.1, -0.05) is 20.8 Å². The second-order valence-corrected chi connectivity index (χ2v) is 3.91. The lowest BCUT2D eigenvalue weighted by atomic mass is 9.83. The largest absolute Gasteiger partial charge is 0.375 e. The summed E-state index contributed by atoms with van der Waals surface area (Å²) in [5.74, 6) is 0. The third-order valence-electron chi connectivity index (χ3n) is 2.71. The van der Waals surface area contributed by atoms with Crippen LogP contribution in [-0.4, -0.2) is 25.8 Å². The van der Waals surface area contributed by atoms with Crippen molar-refractivity contribution in [2.45, 2.75) is 33.3 Å².